The Bertz CT molecular complexity index is 373. The van der Waals surface area contributed by atoms with Crippen LogP contribution in [0.15, 0.2) is 18.3 Å². The van der Waals surface area contributed by atoms with Crippen molar-refractivity contribution in [3.8, 4) is 0 Å². The molecule has 0 bridgehead atoms. The summed E-state index contributed by atoms with van der Waals surface area (Å²) < 4.78 is 0. The molecule has 17 heavy (non-hydrogen) atoms. The number of amidine groups is 1. The van der Waals surface area contributed by atoms with Gasteiger partial charge in [-0.15, -0.1) is 0 Å². The lowest BCUT2D eigenvalue weighted by atomic mass is 10.2. The van der Waals surface area contributed by atoms with Crippen LogP contribution in [-0.2, 0) is 6.54 Å². The maximum atomic E-state index is 7.38. The monoisotopic (exact) mass is 234 g/mol. The molecule has 0 atom stereocenters. The minimum Gasteiger partial charge on any atom is -0.382 e. The quantitative estimate of drug-likeness (QED) is 0.584. The molecule has 1 rings (SSSR count). The highest BCUT2D eigenvalue weighted by Crippen LogP contribution is 2.09. The lowest BCUT2D eigenvalue weighted by Gasteiger charge is -2.26. The zero-order valence-corrected chi connectivity index (χ0v) is 10.9. The molecule has 1 aromatic rings. The van der Waals surface area contributed by atoms with Crippen LogP contribution in [0.25, 0.3) is 0 Å². The summed E-state index contributed by atoms with van der Waals surface area (Å²) >= 11 is 0. The molecular weight excluding hydrogens is 212 g/mol. The zero-order valence-electron chi connectivity index (χ0n) is 10.9. The highest BCUT2D eigenvalue weighted by Gasteiger charge is 2.09. The van der Waals surface area contributed by atoms with Crippen LogP contribution < -0.4 is 5.73 Å². The van der Waals surface area contributed by atoms with E-state index in [1.54, 1.807) is 6.20 Å². The Balaban J connectivity index is 2.78. The van der Waals surface area contributed by atoms with E-state index in [1.807, 2.05) is 12.1 Å². The first-order chi connectivity index (χ1) is 8.04. The molecule has 0 aliphatic rings. The van der Waals surface area contributed by atoms with Crippen LogP contribution in [0, 0.1) is 5.41 Å². The Kier molecular flexibility index (Phi) is 5.10. The topological polar surface area (TPSA) is 66.0 Å². The van der Waals surface area contributed by atoms with E-state index in [2.05, 4.69) is 30.7 Å². The summed E-state index contributed by atoms with van der Waals surface area (Å²) in [5.74, 6) is 0.0263. The third-order valence-electron chi connectivity index (χ3n) is 2.73. The van der Waals surface area contributed by atoms with E-state index in [-0.39, 0.29) is 5.84 Å². The number of nitrogen functional groups attached to an aromatic ring is 1. The maximum absolute atomic E-state index is 7.38. The van der Waals surface area contributed by atoms with Crippen LogP contribution in [0.2, 0.25) is 0 Å². The lowest BCUT2D eigenvalue weighted by Crippen LogP contribution is -2.31. The molecule has 0 unspecified atom stereocenters. The number of hydrogen-bond donors (Lipinski definition) is 2. The lowest BCUT2D eigenvalue weighted by molar-refractivity contribution is 0.213. The molecule has 3 N–H and O–H groups in total. The number of rotatable bonds is 6. The Morgan fingerprint density at radius 2 is 2.24 bits per heavy atom. The van der Waals surface area contributed by atoms with Crippen LogP contribution in [0.4, 0.5) is 0 Å². The van der Waals surface area contributed by atoms with E-state index in [1.165, 1.54) is 0 Å². The van der Waals surface area contributed by atoms with Gasteiger partial charge in [0.05, 0.1) is 0 Å². The molecule has 0 fully saturated rings. The molecule has 4 heteroatoms. The highest BCUT2D eigenvalue weighted by atomic mass is 15.1. The van der Waals surface area contributed by atoms with Crippen molar-refractivity contribution < 1.29 is 0 Å². The van der Waals surface area contributed by atoms with Gasteiger partial charge >= 0.3 is 0 Å². The van der Waals surface area contributed by atoms with Crippen molar-refractivity contribution in [2.75, 3.05) is 6.54 Å². The summed E-state index contributed by atoms with van der Waals surface area (Å²) in [7, 11) is 0. The van der Waals surface area contributed by atoms with Gasteiger partial charge in [0.1, 0.15) is 11.5 Å². The van der Waals surface area contributed by atoms with Gasteiger partial charge in [-0.3, -0.25) is 15.3 Å². The largest absolute Gasteiger partial charge is 0.382 e. The zero-order chi connectivity index (χ0) is 12.8. The third kappa shape index (κ3) is 4.15. The van der Waals surface area contributed by atoms with Gasteiger partial charge in [0.2, 0.25) is 0 Å². The molecule has 0 aliphatic heterocycles. The average molecular weight is 234 g/mol. The van der Waals surface area contributed by atoms with Crippen LogP contribution in [0.5, 0.6) is 0 Å². The maximum Gasteiger partial charge on any atom is 0.141 e. The standard InChI is InChI=1S/C13H22N4/c1-4-7-17(10(2)3)9-11-5-6-16-12(8-11)13(14)15/h5-6,8,10H,4,7,9H2,1-3H3,(H3,14,15). The van der Waals surface area contributed by atoms with Crippen molar-refractivity contribution in [1.29, 1.82) is 5.41 Å². The molecule has 0 aliphatic carbocycles. The number of aromatic nitrogens is 1. The molecule has 0 saturated heterocycles. The Hall–Kier alpha value is -1.42. The van der Waals surface area contributed by atoms with Crippen molar-refractivity contribution >= 4 is 5.84 Å². The number of nitrogens with one attached hydrogen (secondary N) is 1. The van der Waals surface area contributed by atoms with Gasteiger partial charge in [-0.2, -0.15) is 0 Å². The van der Waals surface area contributed by atoms with Crippen molar-refractivity contribution in [1.82, 2.24) is 9.88 Å². The number of pyridine rings is 1. The fourth-order valence-electron chi connectivity index (χ4n) is 1.76. The molecule has 0 amide bonds. The summed E-state index contributed by atoms with van der Waals surface area (Å²) in [5, 5.41) is 7.38. The summed E-state index contributed by atoms with van der Waals surface area (Å²) in [5.41, 5.74) is 7.16. The molecule has 0 aromatic carbocycles. The predicted octanol–water partition coefficient (Wildman–Crippen LogP) is 1.99. The number of hydrogen-bond acceptors (Lipinski definition) is 3. The van der Waals surface area contributed by atoms with Gasteiger partial charge in [0.15, 0.2) is 0 Å². The minimum absolute atomic E-state index is 0.0263. The predicted molar refractivity (Wildman–Crippen MR) is 71.1 cm³/mol. The van der Waals surface area contributed by atoms with E-state index in [9.17, 15) is 0 Å². The molecule has 1 heterocycles. The molecule has 0 radical (unpaired) electrons. The Morgan fingerprint density at radius 3 is 2.76 bits per heavy atom. The minimum atomic E-state index is 0.0263. The average Bonchev–Trinajstić information content (AvgIpc) is 2.28. The molecular formula is C13H22N4. The van der Waals surface area contributed by atoms with Gasteiger partial charge in [0.25, 0.3) is 0 Å². The van der Waals surface area contributed by atoms with Crippen molar-refractivity contribution in [2.45, 2.75) is 39.8 Å². The first-order valence-corrected chi connectivity index (χ1v) is 6.08. The van der Waals surface area contributed by atoms with Crippen molar-refractivity contribution in [3.05, 3.63) is 29.6 Å². The van der Waals surface area contributed by atoms with Gasteiger partial charge < -0.3 is 5.73 Å². The van der Waals surface area contributed by atoms with Crippen molar-refractivity contribution in [2.24, 2.45) is 5.73 Å². The second-order valence-corrected chi connectivity index (χ2v) is 4.53. The summed E-state index contributed by atoms with van der Waals surface area (Å²) in [6, 6.07) is 4.40. The van der Waals surface area contributed by atoms with Gasteiger partial charge in [-0.25, -0.2) is 0 Å². The smallest absolute Gasteiger partial charge is 0.141 e. The molecule has 1 aromatic heterocycles. The van der Waals surface area contributed by atoms with E-state index in [0.29, 0.717) is 11.7 Å². The van der Waals surface area contributed by atoms with E-state index < -0.39 is 0 Å². The normalized spacial score (nSPS) is 11.1. The van der Waals surface area contributed by atoms with Gasteiger partial charge in [-0.1, -0.05) is 6.92 Å². The fraction of sp³-hybridized carbons (Fsp3) is 0.538. The SMILES string of the molecule is CCCN(Cc1ccnc(C(=N)N)c1)C(C)C. The van der Waals surface area contributed by atoms with Gasteiger partial charge in [0, 0.05) is 18.8 Å². The molecule has 94 valence electrons. The molecule has 0 spiro atoms. The Labute approximate surface area is 103 Å². The van der Waals surface area contributed by atoms with Crippen LogP contribution in [-0.4, -0.2) is 28.3 Å². The third-order valence-corrected chi connectivity index (χ3v) is 2.73. The van der Waals surface area contributed by atoms with E-state index in [4.69, 9.17) is 11.1 Å². The molecule has 0 saturated carbocycles. The number of nitrogens with two attached hydrogens (primary N) is 1. The second kappa shape index (κ2) is 6.35. The Morgan fingerprint density at radius 1 is 1.53 bits per heavy atom. The summed E-state index contributed by atoms with van der Waals surface area (Å²) in [4.78, 5) is 6.47. The van der Waals surface area contributed by atoms with Crippen LogP contribution in [0.1, 0.15) is 38.4 Å². The molecule has 4 nitrogen and oxygen atoms in total. The highest BCUT2D eigenvalue weighted by molar-refractivity contribution is 5.93. The first-order valence-electron chi connectivity index (χ1n) is 6.08. The number of nitrogens with zero attached hydrogens (tertiary/aromatic N) is 2. The second-order valence-electron chi connectivity index (χ2n) is 4.53. The summed E-state index contributed by atoms with van der Waals surface area (Å²) in [6.07, 6.45) is 2.86. The van der Waals surface area contributed by atoms with Crippen molar-refractivity contribution in [3.63, 3.8) is 0 Å². The van der Waals surface area contributed by atoms with Gasteiger partial charge in [-0.05, 0) is 44.5 Å². The first kappa shape index (κ1) is 13.6. The van der Waals surface area contributed by atoms with E-state index in [0.717, 1.165) is 25.1 Å². The van der Waals surface area contributed by atoms with Crippen LogP contribution >= 0.6 is 0 Å². The van der Waals surface area contributed by atoms with E-state index >= 15 is 0 Å². The fourth-order valence-corrected chi connectivity index (χ4v) is 1.76. The summed E-state index contributed by atoms with van der Waals surface area (Å²) in [6.45, 7) is 8.54. The van der Waals surface area contributed by atoms with Crippen LogP contribution in [0.3, 0.4) is 0 Å².